The van der Waals surface area contributed by atoms with Gasteiger partial charge >= 0.3 is 0 Å². The Hall–Kier alpha value is -6.14. The summed E-state index contributed by atoms with van der Waals surface area (Å²) in [6.07, 6.45) is 12.8. The second kappa shape index (κ2) is 15.9. The molecule has 56 heavy (non-hydrogen) atoms. The predicted molar refractivity (Wildman–Crippen MR) is 225 cm³/mol. The van der Waals surface area contributed by atoms with Crippen molar-refractivity contribution in [2.75, 3.05) is 27.4 Å². The lowest BCUT2D eigenvalue weighted by atomic mass is 9.81. The molecule has 284 valence electrons. The summed E-state index contributed by atoms with van der Waals surface area (Å²) in [6.45, 7) is 5.62. The number of fused-ring (bicyclic) bond motifs is 5. The van der Waals surface area contributed by atoms with Crippen molar-refractivity contribution in [1.29, 1.82) is 0 Å². The second-order valence-corrected chi connectivity index (χ2v) is 14.3. The number of ether oxygens (including phenoxy) is 6. The first kappa shape index (κ1) is 36.8. The van der Waals surface area contributed by atoms with Gasteiger partial charge in [-0.1, -0.05) is 99.5 Å². The van der Waals surface area contributed by atoms with E-state index in [1.54, 1.807) is 14.2 Å². The zero-order valence-electron chi connectivity index (χ0n) is 32.5. The van der Waals surface area contributed by atoms with E-state index in [1.807, 2.05) is 60.7 Å². The largest absolute Gasteiger partial charge is 0.496 e. The fraction of sp³-hybridized carbons (Fsp3) is 0.240. The van der Waals surface area contributed by atoms with Gasteiger partial charge in [-0.3, -0.25) is 0 Å². The number of unbranched alkanes of at least 4 members (excludes halogenated alkanes) is 2. The van der Waals surface area contributed by atoms with Gasteiger partial charge in [0.25, 0.3) is 0 Å². The Bertz CT molecular complexity index is 2220. The van der Waals surface area contributed by atoms with Crippen molar-refractivity contribution in [1.82, 2.24) is 0 Å². The summed E-state index contributed by atoms with van der Waals surface area (Å²) in [6, 6.07) is 41.0. The molecule has 8 rings (SSSR count). The Kier molecular flexibility index (Phi) is 10.5. The van der Waals surface area contributed by atoms with Crippen LogP contribution < -0.4 is 28.4 Å². The van der Waals surface area contributed by atoms with E-state index >= 15 is 0 Å². The maximum absolute atomic E-state index is 7.23. The van der Waals surface area contributed by atoms with Gasteiger partial charge in [0.1, 0.15) is 34.5 Å². The number of hydrogen-bond acceptors (Lipinski definition) is 6. The van der Waals surface area contributed by atoms with Crippen LogP contribution in [0.4, 0.5) is 0 Å². The third-order valence-electron chi connectivity index (χ3n) is 10.8. The maximum Gasteiger partial charge on any atom is 0.181 e. The molecular formula is C50H48O6. The molecule has 6 aromatic carbocycles. The van der Waals surface area contributed by atoms with Gasteiger partial charge in [-0.2, -0.15) is 0 Å². The molecule has 0 amide bonds. The van der Waals surface area contributed by atoms with Crippen LogP contribution in [0.3, 0.4) is 0 Å². The second-order valence-electron chi connectivity index (χ2n) is 14.3. The Morgan fingerprint density at radius 2 is 0.964 bits per heavy atom. The van der Waals surface area contributed by atoms with E-state index in [2.05, 4.69) is 98.8 Å². The van der Waals surface area contributed by atoms with Gasteiger partial charge in [-0.15, -0.1) is 0 Å². The normalized spacial score (nSPS) is 18.0. The van der Waals surface area contributed by atoms with Crippen LogP contribution >= 0.6 is 0 Å². The van der Waals surface area contributed by atoms with Crippen molar-refractivity contribution in [2.45, 2.75) is 50.7 Å². The fourth-order valence-electron chi connectivity index (χ4n) is 7.85. The first-order valence-electron chi connectivity index (χ1n) is 19.6. The van der Waals surface area contributed by atoms with Gasteiger partial charge in [0.2, 0.25) is 0 Å². The Morgan fingerprint density at radius 3 is 1.38 bits per heavy atom. The molecule has 0 fully saturated rings. The molecule has 2 aliphatic heterocycles. The van der Waals surface area contributed by atoms with E-state index in [0.29, 0.717) is 24.7 Å². The van der Waals surface area contributed by atoms with Crippen LogP contribution in [0.15, 0.2) is 133 Å². The molecule has 6 heteroatoms. The average molecular weight is 745 g/mol. The molecule has 2 aliphatic rings. The average Bonchev–Trinajstić information content (AvgIpc) is 3.26. The Balaban J connectivity index is 1.24. The summed E-state index contributed by atoms with van der Waals surface area (Å²) in [5, 5.41) is 2.13. The van der Waals surface area contributed by atoms with E-state index in [0.717, 1.165) is 92.8 Å². The van der Waals surface area contributed by atoms with Crippen LogP contribution in [0.1, 0.15) is 72.9 Å². The standard InChI is InChI=1S/C50H48O6/c1-5-7-31-53-38-21-23-42(46(33-38)51-3)49(36-15-11-9-12-16-36)29-27-40-44(55-49)25-19-35-20-26-45-41(48(35)40)28-30-50(56-45,37-17-13-10-14-18-37)43-24-22-39(34-47(43)52-4)54-32-8-6-2/h9-30,33-34H,5-8,31-32H2,1-4H3. The van der Waals surface area contributed by atoms with E-state index in [9.17, 15) is 0 Å². The molecule has 0 aliphatic carbocycles. The van der Waals surface area contributed by atoms with E-state index in [4.69, 9.17) is 28.4 Å². The van der Waals surface area contributed by atoms with Crippen molar-refractivity contribution in [3.05, 3.63) is 167 Å². The van der Waals surface area contributed by atoms with Crippen LogP contribution in [0, 0.1) is 0 Å². The third-order valence-corrected chi connectivity index (χ3v) is 10.8. The summed E-state index contributed by atoms with van der Waals surface area (Å²) < 4.78 is 38.6. The van der Waals surface area contributed by atoms with Crippen LogP contribution in [-0.4, -0.2) is 27.4 Å². The van der Waals surface area contributed by atoms with Gasteiger partial charge < -0.3 is 28.4 Å². The van der Waals surface area contributed by atoms with Crippen molar-refractivity contribution >= 4 is 22.9 Å². The number of rotatable bonds is 14. The summed E-state index contributed by atoms with van der Waals surface area (Å²) in [5.41, 5.74) is 3.80. The summed E-state index contributed by atoms with van der Waals surface area (Å²) in [5.74, 6) is 4.45. The molecule has 0 spiro atoms. The molecule has 0 radical (unpaired) electrons. The monoisotopic (exact) mass is 744 g/mol. The first-order valence-corrected chi connectivity index (χ1v) is 19.6. The molecular weight excluding hydrogens is 697 g/mol. The highest BCUT2D eigenvalue weighted by atomic mass is 16.5. The minimum Gasteiger partial charge on any atom is -0.496 e. The smallest absolute Gasteiger partial charge is 0.181 e. The molecule has 2 atom stereocenters. The molecule has 0 aromatic heterocycles. The highest BCUT2D eigenvalue weighted by molar-refractivity contribution is 6.02. The molecule has 0 saturated carbocycles. The van der Waals surface area contributed by atoms with Gasteiger partial charge in [0.05, 0.1) is 27.4 Å². The Morgan fingerprint density at radius 1 is 0.518 bits per heavy atom. The van der Waals surface area contributed by atoms with Crippen LogP contribution in [0.2, 0.25) is 0 Å². The van der Waals surface area contributed by atoms with E-state index < -0.39 is 11.2 Å². The number of hydrogen-bond donors (Lipinski definition) is 0. The minimum absolute atomic E-state index is 0.655. The van der Waals surface area contributed by atoms with Crippen molar-refractivity contribution in [2.24, 2.45) is 0 Å². The number of benzene rings is 6. The van der Waals surface area contributed by atoms with Gasteiger partial charge in [-0.25, -0.2) is 0 Å². The third kappa shape index (κ3) is 6.63. The van der Waals surface area contributed by atoms with Gasteiger partial charge in [-0.05, 0) is 78.9 Å². The summed E-state index contributed by atoms with van der Waals surface area (Å²) >= 11 is 0. The van der Waals surface area contributed by atoms with Crippen LogP contribution in [0.25, 0.3) is 22.9 Å². The summed E-state index contributed by atoms with van der Waals surface area (Å²) in [4.78, 5) is 0. The highest BCUT2D eigenvalue weighted by Gasteiger charge is 2.42. The molecule has 0 N–H and O–H groups in total. The van der Waals surface area contributed by atoms with Gasteiger partial charge in [0, 0.05) is 50.9 Å². The predicted octanol–water partition coefficient (Wildman–Crippen LogP) is 11.9. The highest BCUT2D eigenvalue weighted by Crippen LogP contribution is 2.51. The summed E-state index contributed by atoms with van der Waals surface area (Å²) in [7, 11) is 3.39. The van der Waals surface area contributed by atoms with E-state index in [1.165, 1.54) is 0 Å². The lowest BCUT2D eigenvalue weighted by Gasteiger charge is -2.38. The maximum atomic E-state index is 7.23. The zero-order chi connectivity index (χ0) is 38.5. The van der Waals surface area contributed by atoms with Crippen molar-refractivity contribution < 1.29 is 28.4 Å². The topological polar surface area (TPSA) is 55.4 Å². The molecule has 6 aromatic rings. The zero-order valence-corrected chi connectivity index (χ0v) is 32.5. The lowest BCUT2D eigenvalue weighted by Crippen LogP contribution is -2.35. The molecule has 6 nitrogen and oxygen atoms in total. The lowest BCUT2D eigenvalue weighted by molar-refractivity contribution is 0.156. The van der Waals surface area contributed by atoms with E-state index in [-0.39, 0.29) is 0 Å². The molecule has 2 heterocycles. The molecule has 0 saturated heterocycles. The minimum atomic E-state index is -0.957. The molecule has 0 bridgehead atoms. The van der Waals surface area contributed by atoms with Crippen molar-refractivity contribution in [3.63, 3.8) is 0 Å². The first-order chi connectivity index (χ1) is 27.5. The van der Waals surface area contributed by atoms with Crippen molar-refractivity contribution in [3.8, 4) is 34.5 Å². The fourth-order valence-corrected chi connectivity index (χ4v) is 7.85. The van der Waals surface area contributed by atoms with Crippen LogP contribution in [-0.2, 0) is 11.2 Å². The van der Waals surface area contributed by atoms with Gasteiger partial charge in [0.15, 0.2) is 11.2 Å². The number of methoxy groups -OCH3 is 2. The van der Waals surface area contributed by atoms with Crippen LogP contribution in [0.5, 0.6) is 34.5 Å². The SMILES string of the molecule is CCCCOc1ccc(C2(c3ccccc3)C=Cc3c(ccc4ccc5c(c34)C=CC(c3ccccc3)(c3ccc(OCCCC)cc3OC)O5)O2)c(OC)c1. The Labute approximate surface area is 329 Å². The molecule has 2 unspecified atom stereocenters. The quantitative estimate of drug-likeness (QED) is 0.104.